The fourth-order valence-electron chi connectivity index (χ4n) is 2.73. The second-order valence-corrected chi connectivity index (χ2v) is 6.28. The molecule has 0 radical (unpaired) electrons. The summed E-state index contributed by atoms with van der Waals surface area (Å²) in [6.45, 7) is 0.367. The predicted molar refractivity (Wildman–Crippen MR) is 107 cm³/mol. The molecule has 0 aliphatic carbocycles. The van der Waals surface area contributed by atoms with Gasteiger partial charge in [-0.05, 0) is 48.5 Å². The molecule has 2 N–H and O–H groups in total. The first-order valence-electron chi connectivity index (χ1n) is 8.98. The van der Waals surface area contributed by atoms with E-state index in [0.29, 0.717) is 12.3 Å². The maximum absolute atomic E-state index is 13.8. The van der Waals surface area contributed by atoms with Crippen molar-refractivity contribution in [1.82, 2.24) is 14.8 Å². The van der Waals surface area contributed by atoms with E-state index in [1.165, 1.54) is 24.4 Å². The number of anilines is 2. The van der Waals surface area contributed by atoms with Gasteiger partial charge in [-0.2, -0.15) is 5.10 Å². The number of pyridine rings is 1. The van der Waals surface area contributed by atoms with Gasteiger partial charge in [0, 0.05) is 18.6 Å². The highest BCUT2D eigenvalue weighted by atomic mass is 19.1. The van der Waals surface area contributed by atoms with Crippen LogP contribution < -0.4 is 10.6 Å². The molecule has 4 aromatic rings. The van der Waals surface area contributed by atoms with E-state index in [9.17, 15) is 14.0 Å². The SMILES string of the molecule is O=C(Nc1ccc(F)cc1NC(=O)c1ccc(Cn2cccn2)o1)c1ccccn1. The number of aromatic nitrogens is 3. The van der Waals surface area contributed by atoms with Crippen molar-refractivity contribution in [2.24, 2.45) is 0 Å². The van der Waals surface area contributed by atoms with Crippen LogP contribution in [0.4, 0.5) is 15.8 Å². The van der Waals surface area contributed by atoms with Crippen LogP contribution in [-0.4, -0.2) is 26.6 Å². The van der Waals surface area contributed by atoms with Gasteiger partial charge in [0.05, 0.1) is 17.9 Å². The maximum Gasteiger partial charge on any atom is 0.291 e. The molecule has 0 unspecified atom stereocenters. The first kappa shape index (κ1) is 19.1. The summed E-state index contributed by atoms with van der Waals surface area (Å²) in [5, 5.41) is 9.26. The molecule has 0 bridgehead atoms. The fourth-order valence-corrected chi connectivity index (χ4v) is 2.73. The van der Waals surface area contributed by atoms with Gasteiger partial charge in [-0.3, -0.25) is 19.3 Å². The summed E-state index contributed by atoms with van der Waals surface area (Å²) in [6, 6.07) is 13.5. The van der Waals surface area contributed by atoms with Gasteiger partial charge >= 0.3 is 0 Å². The Labute approximate surface area is 170 Å². The number of hydrogen-bond donors (Lipinski definition) is 2. The number of halogens is 1. The number of carbonyl (C=O) groups excluding carboxylic acids is 2. The van der Waals surface area contributed by atoms with Gasteiger partial charge in [-0.15, -0.1) is 0 Å². The average Bonchev–Trinajstić information content (AvgIpc) is 3.43. The van der Waals surface area contributed by atoms with E-state index in [2.05, 4.69) is 20.7 Å². The van der Waals surface area contributed by atoms with E-state index < -0.39 is 17.6 Å². The molecular formula is C21H16FN5O3. The largest absolute Gasteiger partial charge is 0.454 e. The molecule has 30 heavy (non-hydrogen) atoms. The van der Waals surface area contributed by atoms with Crippen molar-refractivity contribution in [3.63, 3.8) is 0 Å². The molecule has 0 fully saturated rings. The zero-order valence-corrected chi connectivity index (χ0v) is 15.6. The fraction of sp³-hybridized carbons (Fsp3) is 0.0476. The zero-order chi connectivity index (χ0) is 20.9. The van der Waals surface area contributed by atoms with Crippen molar-refractivity contribution in [3.05, 3.63) is 96.2 Å². The summed E-state index contributed by atoms with van der Waals surface area (Å²) in [5.74, 6) is -1.06. The van der Waals surface area contributed by atoms with Crippen molar-refractivity contribution >= 4 is 23.2 Å². The second-order valence-electron chi connectivity index (χ2n) is 6.28. The van der Waals surface area contributed by atoms with Crippen LogP contribution in [0, 0.1) is 5.82 Å². The molecule has 0 aliphatic rings. The highest BCUT2D eigenvalue weighted by molar-refractivity contribution is 6.08. The van der Waals surface area contributed by atoms with Gasteiger partial charge in [0.1, 0.15) is 17.3 Å². The molecule has 1 aromatic carbocycles. The van der Waals surface area contributed by atoms with Crippen molar-refractivity contribution < 1.29 is 18.4 Å². The minimum absolute atomic E-state index is 0.0448. The summed E-state index contributed by atoms with van der Waals surface area (Å²) in [4.78, 5) is 28.9. The first-order chi connectivity index (χ1) is 14.6. The lowest BCUT2D eigenvalue weighted by Gasteiger charge is -2.12. The molecule has 3 aromatic heterocycles. The molecule has 0 spiro atoms. The van der Waals surface area contributed by atoms with E-state index in [0.717, 1.165) is 6.07 Å². The molecule has 0 atom stereocenters. The summed E-state index contributed by atoms with van der Waals surface area (Å²) in [6.07, 6.45) is 4.90. The monoisotopic (exact) mass is 405 g/mol. The number of rotatable bonds is 6. The van der Waals surface area contributed by atoms with Crippen LogP contribution in [0.15, 0.2) is 77.6 Å². The van der Waals surface area contributed by atoms with Crippen LogP contribution in [0.3, 0.4) is 0 Å². The third kappa shape index (κ3) is 4.41. The van der Waals surface area contributed by atoms with E-state index in [-0.39, 0.29) is 22.8 Å². The first-order valence-corrected chi connectivity index (χ1v) is 8.98. The Morgan fingerprint density at radius 2 is 1.83 bits per heavy atom. The number of carbonyl (C=O) groups is 2. The third-order valence-electron chi connectivity index (χ3n) is 4.14. The number of furan rings is 1. The number of benzene rings is 1. The van der Waals surface area contributed by atoms with Crippen LogP contribution in [0.25, 0.3) is 0 Å². The molecule has 2 amide bonds. The minimum Gasteiger partial charge on any atom is -0.454 e. The lowest BCUT2D eigenvalue weighted by Crippen LogP contribution is -2.17. The summed E-state index contributed by atoms with van der Waals surface area (Å²) in [5.41, 5.74) is 0.506. The summed E-state index contributed by atoms with van der Waals surface area (Å²) in [7, 11) is 0. The predicted octanol–water partition coefficient (Wildman–Crippen LogP) is 3.56. The summed E-state index contributed by atoms with van der Waals surface area (Å²) >= 11 is 0. The molecule has 150 valence electrons. The second kappa shape index (κ2) is 8.39. The summed E-state index contributed by atoms with van der Waals surface area (Å²) < 4.78 is 21.0. The Bertz CT molecular complexity index is 1170. The minimum atomic E-state index is -0.583. The number of hydrogen-bond acceptors (Lipinski definition) is 5. The maximum atomic E-state index is 13.8. The van der Waals surface area contributed by atoms with Gasteiger partial charge in [-0.25, -0.2) is 4.39 Å². The lowest BCUT2D eigenvalue weighted by atomic mass is 10.2. The van der Waals surface area contributed by atoms with Crippen LogP contribution in [0.1, 0.15) is 26.8 Å². The van der Waals surface area contributed by atoms with Crippen molar-refractivity contribution in [3.8, 4) is 0 Å². The van der Waals surface area contributed by atoms with E-state index in [4.69, 9.17) is 4.42 Å². The zero-order valence-electron chi connectivity index (χ0n) is 15.6. The smallest absolute Gasteiger partial charge is 0.291 e. The Balaban J connectivity index is 1.50. The highest BCUT2D eigenvalue weighted by Crippen LogP contribution is 2.24. The molecule has 4 rings (SSSR count). The standard InChI is InChI=1S/C21H16FN5O3/c22-14-5-7-16(25-20(28)17-4-1-2-9-23-17)18(12-14)26-21(29)19-8-6-15(30-19)13-27-11-3-10-24-27/h1-12H,13H2,(H,25,28)(H,26,29). The number of amides is 2. The molecule has 0 aliphatic heterocycles. The van der Waals surface area contributed by atoms with Gasteiger partial charge in [0.25, 0.3) is 11.8 Å². The Kier molecular flexibility index (Phi) is 5.33. The normalized spacial score (nSPS) is 10.6. The van der Waals surface area contributed by atoms with Crippen molar-refractivity contribution in [1.29, 1.82) is 0 Å². The van der Waals surface area contributed by atoms with Crippen LogP contribution in [0.5, 0.6) is 0 Å². The van der Waals surface area contributed by atoms with E-state index >= 15 is 0 Å². The van der Waals surface area contributed by atoms with Gasteiger partial charge < -0.3 is 15.1 Å². The van der Waals surface area contributed by atoms with E-state index in [1.807, 2.05) is 0 Å². The molecule has 0 saturated carbocycles. The number of nitrogens with zero attached hydrogens (tertiary/aromatic N) is 3. The number of nitrogens with one attached hydrogen (secondary N) is 2. The van der Waals surface area contributed by atoms with Gasteiger partial charge in [0.15, 0.2) is 5.76 Å². The lowest BCUT2D eigenvalue weighted by molar-refractivity contribution is 0.0991. The molecule has 3 heterocycles. The van der Waals surface area contributed by atoms with E-state index in [1.54, 1.807) is 47.4 Å². The Morgan fingerprint density at radius 1 is 0.967 bits per heavy atom. The Hall–Kier alpha value is -4.27. The molecule has 8 nitrogen and oxygen atoms in total. The van der Waals surface area contributed by atoms with Crippen LogP contribution >= 0.6 is 0 Å². The Morgan fingerprint density at radius 3 is 2.60 bits per heavy atom. The molecule has 0 saturated heterocycles. The molecular weight excluding hydrogens is 389 g/mol. The highest BCUT2D eigenvalue weighted by Gasteiger charge is 2.16. The van der Waals surface area contributed by atoms with Gasteiger partial charge in [-0.1, -0.05) is 6.07 Å². The third-order valence-corrected chi connectivity index (χ3v) is 4.14. The topological polar surface area (TPSA) is 102 Å². The van der Waals surface area contributed by atoms with Crippen LogP contribution in [-0.2, 0) is 6.54 Å². The average molecular weight is 405 g/mol. The van der Waals surface area contributed by atoms with Crippen molar-refractivity contribution in [2.45, 2.75) is 6.54 Å². The van der Waals surface area contributed by atoms with Crippen LogP contribution in [0.2, 0.25) is 0 Å². The molecule has 9 heteroatoms. The quantitative estimate of drug-likeness (QED) is 0.511. The van der Waals surface area contributed by atoms with Gasteiger partial charge in [0.2, 0.25) is 0 Å². The van der Waals surface area contributed by atoms with Crippen molar-refractivity contribution in [2.75, 3.05) is 10.6 Å².